The Labute approximate surface area is 172 Å². The summed E-state index contributed by atoms with van der Waals surface area (Å²) in [7, 11) is 0. The van der Waals surface area contributed by atoms with Gasteiger partial charge in [0.05, 0.1) is 0 Å². The monoisotopic (exact) mass is 399 g/mol. The zero-order valence-electron chi connectivity index (χ0n) is 16.1. The number of carbonyl (C=O) groups excluding carboxylic acids is 1. The van der Waals surface area contributed by atoms with Crippen LogP contribution in [0.1, 0.15) is 17.3 Å². The summed E-state index contributed by atoms with van der Waals surface area (Å²) >= 11 is 0. The molecule has 0 saturated carbocycles. The van der Waals surface area contributed by atoms with Crippen LogP contribution in [0, 0.1) is 0 Å². The van der Waals surface area contributed by atoms with E-state index >= 15 is 0 Å². The summed E-state index contributed by atoms with van der Waals surface area (Å²) in [4.78, 5) is 24.1. The molecule has 0 unspecified atom stereocenters. The number of ether oxygens (including phenoxy) is 3. The fourth-order valence-electron chi connectivity index (χ4n) is 2.51. The van der Waals surface area contributed by atoms with Gasteiger partial charge in [0.25, 0.3) is 0 Å². The van der Waals surface area contributed by atoms with Gasteiger partial charge in [-0.05, 0) is 55.5 Å². The number of aromatic nitrogens is 3. The van der Waals surface area contributed by atoms with E-state index in [1.54, 1.807) is 48.5 Å². The normalized spacial score (nSPS) is 10.3. The molecule has 0 bridgehead atoms. The number of Topliss-reactive ketones (excluding diaryl/α,β-unsaturated/α-hetero) is 1. The SMILES string of the molecule is CC(=O)c1ccc(Oc2nc(Oc3ccccc3)nc(Oc3ccccc3)n2)cc1. The van der Waals surface area contributed by atoms with Crippen molar-refractivity contribution >= 4 is 5.78 Å². The average Bonchev–Trinajstić information content (AvgIpc) is 2.75. The second kappa shape index (κ2) is 8.83. The molecule has 4 aromatic rings. The molecule has 4 rings (SSSR count). The predicted octanol–water partition coefficient (Wildman–Crippen LogP) is 5.45. The van der Waals surface area contributed by atoms with Gasteiger partial charge in [0.1, 0.15) is 17.2 Å². The van der Waals surface area contributed by atoms with Crippen LogP contribution in [-0.4, -0.2) is 20.7 Å². The lowest BCUT2D eigenvalue weighted by Crippen LogP contribution is -2.01. The minimum atomic E-state index is -0.0289. The summed E-state index contributed by atoms with van der Waals surface area (Å²) in [6.45, 7) is 1.50. The van der Waals surface area contributed by atoms with Gasteiger partial charge >= 0.3 is 18.0 Å². The highest BCUT2D eigenvalue weighted by Crippen LogP contribution is 2.26. The molecule has 0 aliphatic carbocycles. The van der Waals surface area contributed by atoms with E-state index in [-0.39, 0.29) is 23.8 Å². The van der Waals surface area contributed by atoms with Gasteiger partial charge in [0, 0.05) is 5.56 Å². The Morgan fingerprint density at radius 3 is 1.30 bits per heavy atom. The molecule has 1 aromatic heterocycles. The van der Waals surface area contributed by atoms with E-state index in [1.165, 1.54) is 6.92 Å². The summed E-state index contributed by atoms with van der Waals surface area (Å²) in [6.07, 6.45) is 0. The van der Waals surface area contributed by atoms with Crippen LogP contribution < -0.4 is 14.2 Å². The van der Waals surface area contributed by atoms with Crippen molar-refractivity contribution in [3.8, 4) is 35.3 Å². The van der Waals surface area contributed by atoms with Crippen LogP contribution in [0.5, 0.6) is 35.3 Å². The third kappa shape index (κ3) is 4.96. The Kier molecular flexibility index (Phi) is 5.61. The lowest BCUT2D eigenvalue weighted by atomic mass is 10.1. The molecule has 0 atom stereocenters. The largest absolute Gasteiger partial charge is 0.424 e. The zero-order valence-corrected chi connectivity index (χ0v) is 16.1. The van der Waals surface area contributed by atoms with Gasteiger partial charge in [-0.2, -0.15) is 0 Å². The number of rotatable bonds is 7. The lowest BCUT2D eigenvalue weighted by Gasteiger charge is -2.09. The minimum Gasteiger partial charge on any atom is -0.424 e. The van der Waals surface area contributed by atoms with Crippen molar-refractivity contribution < 1.29 is 19.0 Å². The van der Waals surface area contributed by atoms with Crippen LogP contribution in [-0.2, 0) is 0 Å². The van der Waals surface area contributed by atoms with E-state index in [0.717, 1.165) is 0 Å². The van der Waals surface area contributed by atoms with Crippen molar-refractivity contribution in [2.24, 2.45) is 0 Å². The number of benzene rings is 3. The van der Waals surface area contributed by atoms with Crippen molar-refractivity contribution in [3.05, 3.63) is 90.5 Å². The minimum absolute atomic E-state index is 0.00237. The van der Waals surface area contributed by atoms with Crippen LogP contribution in [0.15, 0.2) is 84.9 Å². The Balaban J connectivity index is 1.62. The van der Waals surface area contributed by atoms with Gasteiger partial charge in [0.2, 0.25) is 0 Å². The molecule has 7 heteroatoms. The first kappa shape index (κ1) is 19.1. The second-order valence-electron chi connectivity index (χ2n) is 6.20. The summed E-state index contributed by atoms with van der Waals surface area (Å²) in [6, 6.07) is 24.9. The van der Waals surface area contributed by atoms with E-state index in [4.69, 9.17) is 14.2 Å². The molecule has 0 fully saturated rings. The Morgan fingerprint density at radius 1 is 0.567 bits per heavy atom. The molecule has 0 N–H and O–H groups in total. The first-order valence-corrected chi connectivity index (χ1v) is 9.16. The van der Waals surface area contributed by atoms with Gasteiger partial charge in [-0.1, -0.05) is 36.4 Å². The molecule has 0 saturated heterocycles. The number of nitrogens with zero attached hydrogens (tertiary/aromatic N) is 3. The van der Waals surface area contributed by atoms with Gasteiger partial charge < -0.3 is 14.2 Å². The maximum atomic E-state index is 11.4. The fraction of sp³-hybridized carbons (Fsp3) is 0.0435. The quantitative estimate of drug-likeness (QED) is 0.382. The van der Waals surface area contributed by atoms with E-state index in [2.05, 4.69) is 15.0 Å². The number of hydrogen-bond donors (Lipinski definition) is 0. The Hall–Kier alpha value is -4.26. The van der Waals surface area contributed by atoms with E-state index in [9.17, 15) is 4.79 Å². The summed E-state index contributed by atoms with van der Waals surface area (Å²) in [5, 5.41) is 0. The van der Waals surface area contributed by atoms with Gasteiger partial charge in [0.15, 0.2) is 5.78 Å². The molecule has 0 amide bonds. The van der Waals surface area contributed by atoms with E-state index < -0.39 is 0 Å². The zero-order chi connectivity index (χ0) is 20.8. The highest BCUT2D eigenvalue weighted by atomic mass is 16.5. The topological polar surface area (TPSA) is 83.4 Å². The van der Waals surface area contributed by atoms with Crippen molar-refractivity contribution in [1.29, 1.82) is 0 Å². The van der Waals surface area contributed by atoms with E-state index in [1.807, 2.05) is 36.4 Å². The third-order valence-corrected chi connectivity index (χ3v) is 3.95. The van der Waals surface area contributed by atoms with Gasteiger partial charge in [-0.25, -0.2) is 0 Å². The standard InChI is InChI=1S/C23H17N3O4/c1-16(27)17-12-14-20(15-13-17)30-23-25-21(28-18-8-4-2-5-9-18)24-22(26-23)29-19-10-6-3-7-11-19/h2-15H,1H3. The molecule has 7 nitrogen and oxygen atoms in total. The third-order valence-electron chi connectivity index (χ3n) is 3.95. The molecule has 3 aromatic carbocycles. The average molecular weight is 399 g/mol. The van der Waals surface area contributed by atoms with Crippen LogP contribution in [0.25, 0.3) is 0 Å². The summed E-state index contributed by atoms with van der Waals surface area (Å²) in [5.74, 6) is 1.55. The van der Waals surface area contributed by atoms with Crippen LogP contribution in [0.3, 0.4) is 0 Å². The number of ketones is 1. The predicted molar refractivity (Wildman–Crippen MR) is 109 cm³/mol. The first-order chi connectivity index (χ1) is 14.7. The maximum absolute atomic E-state index is 11.4. The molecule has 0 aliphatic heterocycles. The molecule has 0 spiro atoms. The first-order valence-electron chi connectivity index (χ1n) is 9.16. The summed E-state index contributed by atoms with van der Waals surface area (Å²) in [5.41, 5.74) is 0.583. The number of para-hydroxylation sites is 2. The summed E-state index contributed by atoms with van der Waals surface area (Å²) < 4.78 is 17.2. The highest BCUT2D eigenvalue weighted by molar-refractivity contribution is 5.94. The van der Waals surface area contributed by atoms with Crippen LogP contribution >= 0.6 is 0 Å². The molecule has 0 aliphatic rings. The second-order valence-corrected chi connectivity index (χ2v) is 6.20. The maximum Gasteiger partial charge on any atom is 0.331 e. The van der Waals surface area contributed by atoms with E-state index in [0.29, 0.717) is 22.8 Å². The Bertz CT molecular complexity index is 1070. The number of hydrogen-bond acceptors (Lipinski definition) is 7. The van der Waals surface area contributed by atoms with Crippen molar-refractivity contribution in [2.45, 2.75) is 6.92 Å². The van der Waals surface area contributed by atoms with Crippen molar-refractivity contribution in [3.63, 3.8) is 0 Å². The van der Waals surface area contributed by atoms with Crippen LogP contribution in [0.2, 0.25) is 0 Å². The molecular formula is C23H17N3O4. The molecule has 1 heterocycles. The number of carbonyl (C=O) groups is 1. The van der Waals surface area contributed by atoms with Gasteiger partial charge in [-0.15, -0.1) is 15.0 Å². The van der Waals surface area contributed by atoms with Crippen molar-refractivity contribution in [1.82, 2.24) is 15.0 Å². The highest BCUT2D eigenvalue weighted by Gasteiger charge is 2.13. The lowest BCUT2D eigenvalue weighted by molar-refractivity contribution is 0.101. The van der Waals surface area contributed by atoms with Crippen molar-refractivity contribution in [2.75, 3.05) is 0 Å². The fourth-order valence-corrected chi connectivity index (χ4v) is 2.51. The molecule has 148 valence electrons. The molecular weight excluding hydrogens is 382 g/mol. The molecule has 0 radical (unpaired) electrons. The Morgan fingerprint density at radius 2 is 0.933 bits per heavy atom. The smallest absolute Gasteiger partial charge is 0.331 e. The molecule has 30 heavy (non-hydrogen) atoms. The van der Waals surface area contributed by atoms with Crippen LogP contribution in [0.4, 0.5) is 0 Å². The van der Waals surface area contributed by atoms with Gasteiger partial charge in [-0.3, -0.25) is 4.79 Å².